The number of allylic oxidation sites excluding steroid dienone is 1. The monoisotopic (exact) mass is 550 g/mol. The molecule has 0 saturated carbocycles. The zero-order valence-electron chi connectivity index (χ0n) is 21.3. The molecular weight excluding hydrogens is 524 g/mol. The number of hydrogen-bond acceptors (Lipinski definition) is 6. The molecule has 38 heavy (non-hydrogen) atoms. The predicted molar refractivity (Wildman–Crippen MR) is 147 cm³/mol. The summed E-state index contributed by atoms with van der Waals surface area (Å²) in [6, 6.07) is 19.1. The lowest BCUT2D eigenvalue weighted by atomic mass is 9.83. The number of carbonyl (C=O) groups excluding carboxylic acids is 2. The molecule has 0 fully saturated rings. The number of para-hydroxylation sites is 2. The summed E-state index contributed by atoms with van der Waals surface area (Å²) in [7, 11) is -2.12. The zero-order chi connectivity index (χ0) is 27.2. The molecule has 0 amide bonds. The Morgan fingerprint density at radius 1 is 1.03 bits per heavy atom. The number of rotatable bonds is 6. The molecule has 0 atom stereocenters. The van der Waals surface area contributed by atoms with Gasteiger partial charge in [0.05, 0.1) is 16.3 Å². The van der Waals surface area contributed by atoms with Crippen molar-refractivity contribution in [2.75, 3.05) is 29.4 Å². The number of sulfonamides is 1. The molecule has 0 N–H and O–H groups in total. The maximum Gasteiger partial charge on any atom is 0.338 e. The fourth-order valence-electron chi connectivity index (χ4n) is 5.18. The van der Waals surface area contributed by atoms with Crippen LogP contribution in [0.1, 0.15) is 35.3 Å². The quantitative estimate of drug-likeness (QED) is 0.312. The van der Waals surface area contributed by atoms with E-state index in [0.717, 1.165) is 22.5 Å². The van der Waals surface area contributed by atoms with Crippen LogP contribution in [0.5, 0.6) is 0 Å². The molecule has 3 aromatic rings. The van der Waals surface area contributed by atoms with Crippen molar-refractivity contribution in [2.45, 2.75) is 30.6 Å². The van der Waals surface area contributed by atoms with Gasteiger partial charge in [-0.3, -0.25) is 9.10 Å². The van der Waals surface area contributed by atoms with Gasteiger partial charge < -0.3 is 9.64 Å². The van der Waals surface area contributed by atoms with Gasteiger partial charge >= 0.3 is 5.97 Å². The number of likely N-dealkylation sites (N-methyl/N-ethyl adjacent to an activating group) is 1. The highest BCUT2D eigenvalue weighted by molar-refractivity contribution is 7.93. The van der Waals surface area contributed by atoms with E-state index < -0.39 is 28.0 Å². The third-order valence-corrected chi connectivity index (χ3v) is 9.46. The first-order valence-electron chi connectivity index (χ1n) is 12.2. The van der Waals surface area contributed by atoms with Crippen LogP contribution in [0.3, 0.4) is 0 Å². The van der Waals surface area contributed by atoms with E-state index in [0.29, 0.717) is 12.1 Å². The maximum atomic E-state index is 13.5. The lowest BCUT2D eigenvalue weighted by molar-refractivity contribution is -0.117. The molecule has 2 aliphatic heterocycles. The van der Waals surface area contributed by atoms with Gasteiger partial charge in [0.15, 0.2) is 12.4 Å². The van der Waals surface area contributed by atoms with Gasteiger partial charge in [0.2, 0.25) is 0 Å². The van der Waals surface area contributed by atoms with E-state index in [9.17, 15) is 18.0 Å². The first-order valence-corrected chi connectivity index (χ1v) is 14.0. The zero-order valence-corrected chi connectivity index (χ0v) is 22.8. The second-order valence-corrected chi connectivity index (χ2v) is 12.1. The molecule has 0 unspecified atom stereocenters. The molecule has 9 heteroatoms. The number of anilines is 2. The second-order valence-electron chi connectivity index (χ2n) is 9.87. The summed E-state index contributed by atoms with van der Waals surface area (Å²) >= 11 is 6.27. The Morgan fingerprint density at radius 3 is 2.45 bits per heavy atom. The maximum absolute atomic E-state index is 13.5. The normalized spacial score (nSPS) is 16.9. The fraction of sp³-hybridized carbons (Fsp3) is 0.241. The molecule has 0 aromatic heterocycles. The van der Waals surface area contributed by atoms with Crippen LogP contribution in [0.2, 0.25) is 5.02 Å². The number of hydrogen-bond donors (Lipinski definition) is 0. The highest BCUT2D eigenvalue weighted by atomic mass is 35.5. The lowest BCUT2D eigenvalue weighted by Crippen LogP contribution is -2.29. The van der Waals surface area contributed by atoms with Crippen molar-refractivity contribution in [2.24, 2.45) is 0 Å². The summed E-state index contributed by atoms with van der Waals surface area (Å²) in [6.07, 6.45) is 2.08. The SMILES string of the molecule is CN1C(=CC(=O)COC(=O)c2ccc(Cl)c(S(=O)(=O)N3CCc4ccccc43)c2)C(C)(C)c2ccccc21. The smallest absolute Gasteiger partial charge is 0.338 e. The number of benzene rings is 3. The average molecular weight is 551 g/mol. The van der Waals surface area contributed by atoms with Gasteiger partial charge in [-0.05, 0) is 47.9 Å². The lowest BCUT2D eigenvalue weighted by Gasteiger charge is -2.23. The molecule has 0 saturated heterocycles. The van der Waals surface area contributed by atoms with E-state index in [2.05, 4.69) is 0 Å². The van der Waals surface area contributed by atoms with Gasteiger partial charge in [-0.15, -0.1) is 0 Å². The van der Waals surface area contributed by atoms with E-state index >= 15 is 0 Å². The molecule has 196 valence electrons. The summed E-state index contributed by atoms with van der Waals surface area (Å²) in [4.78, 5) is 27.4. The van der Waals surface area contributed by atoms with Gasteiger partial charge in [-0.2, -0.15) is 0 Å². The fourth-order valence-corrected chi connectivity index (χ4v) is 7.18. The van der Waals surface area contributed by atoms with Crippen LogP contribution in [-0.2, 0) is 31.4 Å². The van der Waals surface area contributed by atoms with Crippen LogP contribution in [0.25, 0.3) is 0 Å². The van der Waals surface area contributed by atoms with Gasteiger partial charge in [0, 0.05) is 36.5 Å². The van der Waals surface area contributed by atoms with Gasteiger partial charge in [-0.1, -0.05) is 61.8 Å². The van der Waals surface area contributed by atoms with E-state index in [-0.39, 0.29) is 27.8 Å². The van der Waals surface area contributed by atoms with Crippen molar-refractivity contribution in [1.82, 2.24) is 0 Å². The summed E-state index contributed by atoms with van der Waals surface area (Å²) in [5.41, 5.74) is 4.04. The molecule has 0 spiro atoms. The molecule has 0 aliphatic carbocycles. The Labute approximate surface area is 227 Å². The summed E-state index contributed by atoms with van der Waals surface area (Å²) in [5.74, 6) is -1.19. The van der Waals surface area contributed by atoms with Gasteiger partial charge in [-0.25, -0.2) is 13.2 Å². The van der Waals surface area contributed by atoms with Gasteiger partial charge in [0.25, 0.3) is 10.0 Å². The topological polar surface area (TPSA) is 84.0 Å². The minimum absolute atomic E-state index is 0.00203. The highest BCUT2D eigenvalue weighted by Crippen LogP contribution is 2.46. The first kappa shape index (κ1) is 26.0. The van der Waals surface area contributed by atoms with E-state index in [1.807, 2.05) is 62.2 Å². The number of ether oxygens (including phenoxy) is 1. The molecule has 7 nitrogen and oxygen atoms in total. The highest BCUT2D eigenvalue weighted by Gasteiger charge is 2.38. The molecular formula is C29H27ClN2O5S. The number of nitrogens with zero attached hydrogens (tertiary/aromatic N) is 2. The predicted octanol–water partition coefficient (Wildman–Crippen LogP) is 5.13. The third-order valence-electron chi connectivity index (χ3n) is 7.16. The number of halogens is 1. The Hall–Kier alpha value is -3.62. The Kier molecular flexibility index (Phi) is 6.57. The van der Waals surface area contributed by atoms with E-state index in [4.69, 9.17) is 16.3 Å². The van der Waals surface area contributed by atoms with Crippen LogP contribution in [0.15, 0.2) is 83.4 Å². The summed E-state index contributed by atoms with van der Waals surface area (Å²) in [6.45, 7) is 3.88. The minimum atomic E-state index is -4.02. The number of ketones is 1. The summed E-state index contributed by atoms with van der Waals surface area (Å²) in [5, 5.41) is -0.00203. The standard InChI is InChI=1S/C29H27ClN2O5S/c1-29(2)22-9-5-7-11-25(22)31(3)27(29)17-21(33)18-37-28(34)20-12-13-23(30)26(16-20)38(35,36)32-15-14-19-8-4-6-10-24(19)32/h4-13,16-17H,14-15,18H2,1-3H3. The number of carbonyl (C=O) groups is 2. The van der Waals surface area contributed by atoms with Crippen molar-refractivity contribution in [3.05, 3.63) is 100 Å². The Balaban J connectivity index is 1.32. The second kappa shape index (κ2) is 9.60. The Morgan fingerprint density at radius 2 is 1.71 bits per heavy atom. The number of esters is 1. The van der Waals surface area contributed by atoms with E-state index in [1.54, 1.807) is 12.1 Å². The molecule has 5 rings (SSSR count). The molecule has 3 aromatic carbocycles. The minimum Gasteiger partial charge on any atom is -0.454 e. The third kappa shape index (κ3) is 4.37. The average Bonchev–Trinajstić information content (AvgIpc) is 3.42. The van der Waals surface area contributed by atoms with Crippen molar-refractivity contribution < 1.29 is 22.7 Å². The largest absolute Gasteiger partial charge is 0.454 e. The van der Waals surface area contributed by atoms with Crippen LogP contribution >= 0.6 is 11.6 Å². The first-order chi connectivity index (χ1) is 18.0. The van der Waals surface area contributed by atoms with Gasteiger partial charge in [0.1, 0.15) is 4.90 Å². The van der Waals surface area contributed by atoms with Crippen LogP contribution in [-0.4, -0.2) is 40.4 Å². The van der Waals surface area contributed by atoms with Crippen molar-refractivity contribution in [3.63, 3.8) is 0 Å². The molecule has 0 radical (unpaired) electrons. The van der Waals surface area contributed by atoms with E-state index in [1.165, 1.54) is 28.6 Å². The summed E-state index contributed by atoms with van der Waals surface area (Å²) < 4.78 is 33.5. The van der Waals surface area contributed by atoms with Crippen molar-refractivity contribution in [3.8, 4) is 0 Å². The van der Waals surface area contributed by atoms with Crippen molar-refractivity contribution >= 4 is 44.8 Å². The molecule has 2 heterocycles. The van der Waals surface area contributed by atoms with Crippen LogP contribution in [0, 0.1) is 0 Å². The van der Waals surface area contributed by atoms with Crippen LogP contribution in [0.4, 0.5) is 11.4 Å². The Bertz CT molecular complexity index is 1600. The molecule has 0 bridgehead atoms. The molecule has 2 aliphatic rings. The number of fused-ring (bicyclic) bond motifs is 2. The van der Waals surface area contributed by atoms with Crippen molar-refractivity contribution in [1.29, 1.82) is 0 Å². The van der Waals surface area contributed by atoms with Crippen LogP contribution < -0.4 is 9.21 Å².